The summed E-state index contributed by atoms with van der Waals surface area (Å²) in [5.41, 5.74) is 0.766. The van der Waals surface area contributed by atoms with E-state index in [2.05, 4.69) is 4.74 Å². The lowest BCUT2D eigenvalue weighted by Crippen LogP contribution is -2.17. The molecule has 0 amide bonds. The molecule has 5 heteroatoms. The van der Waals surface area contributed by atoms with Crippen molar-refractivity contribution in [2.24, 2.45) is 0 Å². The molecule has 0 fully saturated rings. The number of rotatable bonds is 3. The number of aliphatic hydroxyl groups excluding tert-OH is 1. The number of ether oxygens (including phenoxy) is 1. The van der Waals surface area contributed by atoms with Gasteiger partial charge in [-0.15, -0.1) is 13.2 Å². The van der Waals surface area contributed by atoms with Crippen LogP contribution in [0.15, 0.2) is 24.3 Å². The van der Waals surface area contributed by atoms with Crippen molar-refractivity contribution in [2.75, 3.05) is 6.61 Å². The van der Waals surface area contributed by atoms with Crippen LogP contribution in [0.5, 0.6) is 5.75 Å². The largest absolute Gasteiger partial charge is 0.573 e. The summed E-state index contributed by atoms with van der Waals surface area (Å²) in [7, 11) is 0. The Kier molecular flexibility index (Phi) is 6.56. The first-order valence-electron chi connectivity index (χ1n) is 4.97. The summed E-state index contributed by atoms with van der Waals surface area (Å²) in [6, 6.07) is 5.41. The Morgan fingerprint density at radius 1 is 1.12 bits per heavy atom. The summed E-state index contributed by atoms with van der Waals surface area (Å²) in [6.45, 7) is 3.97. The summed E-state index contributed by atoms with van der Waals surface area (Å²) in [5, 5.41) is 8.56. The van der Waals surface area contributed by atoms with E-state index in [0.717, 1.165) is 5.56 Å². The molecule has 1 rings (SSSR count). The zero-order chi connectivity index (χ0) is 12.6. The third kappa shape index (κ3) is 6.29. The second-order valence-electron chi connectivity index (χ2n) is 2.67. The number of alkyl halides is 3. The zero-order valence-corrected chi connectivity index (χ0v) is 9.21. The van der Waals surface area contributed by atoms with Gasteiger partial charge in [-0.2, -0.15) is 0 Å². The third-order valence-electron chi connectivity index (χ3n) is 1.56. The lowest BCUT2D eigenvalue weighted by Gasteiger charge is -2.08. The maximum atomic E-state index is 11.7. The quantitative estimate of drug-likeness (QED) is 0.873. The van der Waals surface area contributed by atoms with Crippen LogP contribution >= 0.6 is 0 Å². The highest BCUT2D eigenvalue weighted by atomic mass is 19.4. The molecule has 0 aliphatic rings. The van der Waals surface area contributed by atoms with Crippen LogP contribution < -0.4 is 4.74 Å². The summed E-state index contributed by atoms with van der Waals surface area (Å²) < 4.78 is 38.9. The molecular formula is C11H15F3O2. The molecule has 0 bridgehead atoms. The van der Waals surface area contributed by atoms with Gasteiger partial charge >= 0.3 is 6.36 Å². The number of halogens is 3. The van der Waals surface area contributed by atoms with Crippen LogP contribution in [0.4, 0.5) is 13.2 Å². The zero-order valence-electron chi connectivity index (χ0n) is 9.21. The van der Waals surface area contributed by atoms with E-state index in [1.54, 1.807) is 0 Å². The molecule has 0 aliphatic heterocycles. The standard InChI is InChI=1S/C9H9F3O2.C2H6/c10-9(11,12)14-8-3-1-7(2-4-8)5-6-13;1-2/h1-4,13H,5-6H2;1-2H3. The molecule has 0 spiro atoms. The van der Waals surface area contributed by atoms with E-state index >= 15 is 0 Å². The van der Waals surface area contributed by atoms with E-state index in [4.69, 9.17) is 5.11 Å². The maximum absolute atomic E-state index is 11.7. The monoisotopic (exact) mass is 236 g/mol. The number of hydrogen-bond acceptors (Lipinski definition) is 2. The molecule has 0 aliphatic carbocycles. The topological polar surface area (TPSA) is 29.5 Å². The molecule has 92 valence electrons. The van der Waals surface area contributed by atoms with Crippen LogP contribution in [0.25, 0.3) is 0 Å². The predicted octanol–water partition coefficient (Wildman–Crippen LogP) is 3.15. The average molecular weight is 236 g/mol. The van der Waals surface area contributed by atoms with Crippen LogP contribution in [0.2, 0.25) is 0 Å². The summed E-state index contributed by atoms with van der Waals surface area (Å²) in [5.74, 6) is -0.251. The molecule has 2 nitrogen and oxygen atoms in total. The first kappa shape index (κ1) is 14.8. The molecule has 0 atom stereocenters. The van der Waals surface area contributed by atoms with Gasteiger partial charge in [-0.05, 0) is 24.1 Å². The van der Waals surface area contributed by atoms with Gasteiger partial charge in [-0.25, -0.2) is 0 Å². The van der Waals surface area contributed by atoms with Crippen molar-refractivity contribution < 1.29 is 23.0 Å². The number of benzene rings is 1. The number of aliphatic hydroxyl groups is 1. The van der Waals surface area contributed by atoms with Gasteiger partial charge in [0.05, 0.1) is 0 Å². The van der Waals surface area contributed by atoms with Crippen LogP contribution in [0, 0.1) is 0 Å². The van der Waals surface area contributed by atoms with Gasteiger partial charge in [-0.1, -0.05) is 26.0 Å². The van der Waals surface area contributed by atoms with Crippen molar-refractivity contribution in [2.45, 2.75) is 26.6 Å². The van der Waals surface area contributed by atoms with E-state index in [1.807, 2.05) is 13.8 Å². The van der Waals surface area contributed by atoms with Gasteiger partial charge in [-0.3, -0.25) is 0 Å². The van der Waals surface area contributed by atoms with E-state index in [0.29, 0.717) is 6.42 Å². The number of hydrogen-bond donors (Lipinski definition) is 1. The Labute approximate surface area is 92.7 Å². The lowest BCUT2D eigenvalue weighted by molar-refractivity contribution is -0.274. The fourth-order valence-electron chi connectivity index (χ4n) is 0.987. The fraction of sp³-hybridized carbons (Fsp3) is 0.455. The minimum atomic E-state index is -4.65. The molecule has 1 N–H and O–H groups in total. The van der Waals surface area contributed by atoms with Gasteiger partial charge in [0.2, 0.25) is 0 Å². The van der Waals surface area contributed by atoms with Gasteiger partial charge < -0.3 is 9.84 Å². The van der Waals surface area contributed by atoms with Crippen molar-refractivity contribution in [3.63, 3.8) is 0 Å². The molecule has 1 aromatic rings. The molecule has 1 aromatic carbocycles. The Morgan fingerprint density at radius 3 is 2.00 bits per heavy atom. The normalized spacial score (nSPS) is 10.4. The van der Waals surface area contributed by atoms with E-state index in [-0.39, 0.29) is 12.4 Å². The molecule has 0 unspecified atom stereocenters. The van der Waals surface area contributed by atoms with Gasteiger partial charge in [0, 0.05) is 6.61 Å². The first-order chi connectivity index (χ1) is 7.51. The van der Waals surface area contributed by atoms with Gasteiger partial charge in [0.15, 0.2) is 0 Å². The highest BCUT2D eigenvalue weighted by molar-refractivity contribution is 5.27. The predicted molar refractivity (Wildman–Crippen MR) is 55.3 cm³/mol. The maximum Gasteiger partial charge on any atom is 0.573 e. The molecule has 0 aromatic heterocycles. The van der Waals surface area contributed by atoms with Crippen molar-refractivity contribution >= 4 is 0 Å². The SMILES string of the molecule is CC.OCCc1ccc(OC(F)(F)F)cc1. The Balaban J connectivity index is 0.00000106. The van der Waals surface area contributed by atoms with Crippen LogP contribution in [0.3, 0.4) is 0 Å². The first-order valence-corrected chi connectivity index (χ1v) is 4.97. The summed E-state index contributed by atoms with van der Waals surface area (Å²) in [6.07, 6.45) is -4.23. The minimum Gasteiger partial charge on any atom is -0.406 e. The summed E-state index contributed by atoms with van der Waals surface area (Å²) >= 11 is 0. The second kappa shape index (κ2) is 7.11. The molecule has 0 saturated heterocycles. The summed E-state index contributed by atoms with van der Waals surface area (Å²) in [4.78, 5) is 0. The second-order valence-corrected chi connectivity index (χ2v) is 2.67. The van der Waals surface area contributed by atoms with Crippen LogP contribution in [-0.2, 0) is 6.42 Å². The van der Waals surface area contributed by atoms with Crippen molar-refractivity contribution in [3.05, 3.63) is 29.8 Å². The van der Waals surface area contributed by atoms with E-state index in [1.165, 1.54) is 24.3 Å². The molecule has 16 heavy (non-hydrogen) atoms. The van der Waals surface area contributed by atoms with Crippen LogP contribution in [0.1, 0.15) is 19.4 Å². The smallest absolute Gasteiger partial charge is 0.406 e. The highest BCUT2D eigenvalue weighted by Crippen LogP contribution is 2.22. The Hall–Kier alpha value is -1.23. The van der Waals surface area contributed by atoms with E-state index < -0.39 is 6.36 Å². The van der Waals surface area contributed by atoms with Crippen molar-refractivity contribution in [1.82, 2.24) is 0 Å². The van der Waals surface area contributed by atoms with Gasteiger partial charge in [0.1, 0.15) is 5.75 Å². The van der Waals surface area contributed by atoms with Crippen molar-refractivity contribution in [3.8, 4) is 5.75 Å². The third-order valence-corrected chi connectivity index (χ3v) is 1.56. The fourth-order valence-corrected chi connectivity index (χ4v) is 0.987. The minimum absolute atomic E-state index is 0.0283. The molecule has 0 heterocycles. The Bertz CT molecular complexity index is 280. The molecular weight excluding hydrogens is 221 g/mol. The Morgan fingerprint density at radius 2 is 1.62 bits per heavy atom. The van der Waals surface area contributed by atoms with Gasteiger partial charge in [0.25, 0.3) is 0 Å². The van der Waals surface area contributed by atoms with Crippen molar-refractivity contribution in [1.29, 1.82) is 0 Å². The average Bonchev–Trinajstić information content (AvgIpc) is 2.22. The molecule has 0 saturated carbocycles. The highest BCUT2D eigenvalue weighted by Gasteiger charge is 2.30. The molecule has 0 radical (unpaired) electrons. The van der Waals surface area contributed by atoms with Crippen LogP contribution in [-0.4, -0.2) is 18.1 Å². The van der Waals surface area contributed by atoms with E-state index in [9.17, 15) is 13.2 Å². The lowest BCUT2D eigenvalue weighted by atomic mass is 10.1.